The van der Waals surface area contributed by atoms with Crippen LogP contribution in [0.4, 0.5) is 0 Å². The van der Waals surface area contributed by atoms with Crippen molar-refractivity contribution in [1.82, 2.24) is 25.1 Å². The van der Waals surface area contributed by atoms with E-state index in [4.69, 9.17) is 16.7 Å². The lowest BCUT2D eigenvalue weighted by molar-refractivity contribution is 0.668. The van der Waals surface area contributed by atoms with E-state index in [2.05, 4.69) is 15.5 Å². The molecule has 1 aromatic carbocycles. The Morgan fingerprint density at radius 2 is 1.95 bits per heavy atom. The van der Waals surface area contributed by atoms with Gasteiger partial charge in [0.2, 0.25) is 0 Å². The van der Waals surface area contributed by atoms with Crippen LogP contribution < -0.4 is 5.32 Å². The quantitative estimate of drug-likeness (QED) is 0.790. The highest BCUT2D eigenvalue weighted by Gasteiger charge is 2.22. The summed E-state index contributed by atoms with van der Waals surface area (Å²) in [4.78, 5) is 0. The third-order valence-electron chi connectivity index (χ3n) is 3.85. The summed E-state index contributed by atoms with van der Waals surface area (Å²) >= 11 is 5.94. The predicted octanol–water partition coefficient (Wildman–Crippen LogP) is 2.52. The maximum atomic E-state index is 5.94. The van der Waals surface area contributed by atoms with Gasteiger partial charge in [0.15, 0.2) is 11.5 Å². The Hall–Kier alpha value is -1.98. The molecule has 1 fully saturated rings. The van der Waals surface area contributed by atoms with E-state index in [1.807, 2.05) is 40.9 Å². The number of nitrogens with one attached hydrogen (secondary N) is 1. The molecule has 4 rings (SSSR count). The highest BCUT2D eigenvalue weighted by molar-refractivity contribution is 6.30. The van der Waals surface area contributed by atoms with Crippen molar-refractivity contribution >= 4 is 17.2 Å². The minimum Gasteiger partial charge on any atom is -0.316 e. The topological polar surface area (TPSA) is 55.1 Å². The number of aromatic nitrogens is 4. The van der Waals surface area contributed by atoms with Gasteiger partial charge in [-0.25, -0.2) is 0 Å². The number of rotatable bonds is 2. The van der Waals surface area contributed by atoms with E-state index < -0.39 is 0 Å². The van der Waals surface area contributed by atoms with Gasteiger partial charge >= 0.3 is 0 Å². The first-order valence-electron chi connectivity index (χ1n) is 7.00. The molecule has 3 aromatic rings. The van der Waals surface area contributed by atoms with Crippen molar-refractivity contribution in [3.63, 3.8) is 0 Å². The zero-order valence-corrected chi connectivity index (χ0v) is 12.1. The van der Waals surface area contributed by atoms with Gasteiger partial charge < -0.3 is 5.32 Å². The summed E-state index contributed by atoms with van der Waals surface area (Å²) in [5.74, 6) is 1.32. The maximum absolute atomic E-state index is 5.94. The van der Waals surface area contributed by atoms with Gasteiger partial charge in [0, 0.05) is 23.0 Å². The Kier molecular flexibility index (Phi) is 3.09. The lowest BCUT2D eigenvalue weighted by Gasteiger charge is -2.06. The lowest BCUT2D eigenvalue weighted by atomic mass is 10.1. The van der Waals surface area contributed by atoms with Crippen molar-refractivity contribution in [2.24, 2.45) is 0 Å². The molecule has 1 aliphatic rings. The molecule has 21 heavy (non-hydrogen) atoms. The largest absolute Gasteiger partial charge is 0.316 e. The third-order valence-corrected chi connectivity index (χ3v) is 4.10. The minimum absolute atomic E-state index is 0.382. The van der Waals surface area contributed by atoms with Gasteiger partial charge in [0.05, 0.1) is 5.69 Å². The Balaban J connectivity index is 1.80. The first kappa shape index (κ1) is 12.7. The fourth-order valence-corrected chi connectivity index (χ4v) is 2.84. The van der Waals surface area contributed by atoms with Crippen LogP contribution in [-0.2, 0) is 0 Å². The number of hydrogen-bond donors (Lipinski definition) is 1. The standard InChI is InChI=1S/C15H14ClN5/c16-12-3-1-10(2-4-12)13-5-6-14-18-19-15(21(14)20-13)11-7-8-17-9-11/h1-6,11,17H,7-9H2/t11-/m1/s1. The van der Waals surface area contributed by atoms with E-state index in [9.17, 15) is 0 Å². The summed E-state index contributed by atoms with van der Waals surface area (Å²) in [6.45, 7) is 1.96. The van der Waals surface area contributed by atoms with Crippen LogP contribution in [0.25, 0.3) is 16.9 Å². The Morgan fingerprint density at radius 3 is 2.71 bits per heavy atom. The van der Waals surface area contributed by atoms with Gasteiger partial charge in [0.1, 0.15) is 0 Å². The molecule has 5 nitrogen and oxygen atoms in total. The fourth-order valence-electron chi connectivity index (χ4n) is 2.71. The van der Waals surface area contributed by atoms with Crippen molar-refractivity contribution < 1.29 is 0 Å². The third kappa shape index (κ3) is 2.28. The molecule has 1 N–H and O–H groups in total. The molecule has 1 saturated heterocycles. The Labute approximate surface area is 127 Å². The predicted molar refractivity (Wildman–Crippen MR) is 81.5 cm³/mol. The number of halogens is 1. The average Bonchev–Trinajstić information content (AvgIpc) is 3.16. The van der Waals surface area contributed by atoms with Crippen LogP contribution in [0.1, 0.15) is 18.2 Å². The van der Waals surface area contributed by atoms with E-state index >= 15 is 0 Å². The van der Waals surface area contributed by atoms with Crippen LogP contribution in [0.15, 0.2) is 36.4 Å². The van der Waals surface area contributed by atoms with Crippen molar-refractivity contribution in [3.8, 4) is 11.3 Å². The van der Waals surface area contributed by atoms with Crippen LogP contribution in [-0.4, -0.2) is 32.9 Å². The molecule has 0 radical (unpaired) electrons. The van der Waals surface area contributed by atoms with Crippen LogP contribution in [0.5, 0.6) is 0 Å². The van der Waals surface area contributed by atoms with Gasteiger partial charge in [-0.2, -0.15) is 9.61 Å². The molecule has 0 saturated carbocycles. The zero-order chi connectivity index (χ0) is 14.2. The highest BCUT2D eigenvalue weighted by atomic mass is 35.5. The Bertz CT molecular complexity index is 774. The first-order valence-corrected chi connectivity index (χ1v) is 7.38. The monoisotopic (exact) mass is 299 g/mol. The molecular weight excluding hydrogens is 286 g/mol. The summed E-state index contributed by atoms with van der Waals surface area (Å²) in [5, 5.41) is 17.3. The SMILES string of the molecule is Clc1ccc(-c2ccc3nnc([C@@H]4CCNC4)n3n2)cc1. The molecule has 0 aliphatic carbocycles. The molecule has 0 amide bonds. The number of nitrogens with zero attached hydrogens (tertiary/aromatic N) is 4. The van der Waals surface area contributed by atoms with E-state index in [0.29, 0.717) is 5.92 Å². The van der Waals surface area contributed by atoms with Crippen LogP contribution >= 0.6 is 11.6 Å². The minimum atomic E-state index is 0.382. The van der Waals surface area contributed by atoms with E-state index in [1.54, 1.807) is 0 Å². The van der Waals surface area contributed by atoms with E-state index in [-0.39, 0.29) is 0 Å². The lowest BCUT2D eigenvalue weighted by Crippen LogP contribution is -2.11. The van der Waals surface area contributed by atoms with Crippen LogP contribution in [0.2, 0.25) is 5.02 Å². The Morgan fingerprint density at radius 1 is 1.10 bits per heavy atom. The highest BCUT2D eigenvalue weighted by Crippen LogP contribution is 2.23. The van der Waals surface area contributed by atoms with Crippen molar-refractivity contribution in [2.45, 2.75) is 12.3 Å². The van der Waals surface area contributed by atoms with Crippen molar-refractivity contribution in [2.75, 3.05) is 13.1 Å². The van der Waals surface area contributed by atoms with Crippen LogP contribution in [0.3, 0.4) is 0 Å². The summed E-state index contributed by atoms with van der Waals surface area (Å²) in [6, 6.07) is 11.6. The van der Waals surface area contributed by atoms with Crippen molar-refractivity contribution in [3.05, 3.63) is 47.2 Å². The van der Waals surface area contributed by atoms with Gasteiger partial charge in [-0.15, -0.1) is 10.2 Å². The van der Waals surface area contributed by atoms with Crippen LogP contribution in [0, 0.1) is 0 Å². The zero-order valence-electron chi connectivity index (χ0n) is 11.3. The number of hydrogen-bond acceptors (Lipinski definition) is 4. The summed E-state index contributed by atoms with van der Waals surface area (Å²) in [5.41, 5.74) is 2.71. The molecule has 0 bridgehead atoms. The molecule has 1 atom stereocenters. The summed E-state index contributed by atoms with van der Waals surface area (Å²) < 4.78 is 1.86. The van der Waals surface area contributed by atoms with Gasteiger partial charge in [-0.1, -0.05) is 23.7 Å². The molecule has 6 heteroatoms. The average molecular weight is 300 g/mol. The van der Waals surface area contributed by atoms with Crippen molar-refractivity contribution in [1.29, 1.82) is 0 Å². The molecule has 1 aliphatic heterocycles. The molecule has 3 heterocycles. The molecule has 106 valence electrons. The maximum Gasteiger partial charge on any atom is 0.177 e. The van der Waals surface area contributed by atoms with E-state index in [1.165, 1.54) is 0 Å². The molecular formula is C15H14ClN5. The normalized spacial score (nSPS) is 18.4. The first-order chi connectivity index (χ1) is 10.3. The summed E-state index contributed by atoms with van der Waals surface area (Å²) in [6.07, 6.45) is 1.08. The van der Waals surface area contributed by atoms with Gasteiger partial charge in [0.25, 0.3) is 0 Å². The fraction of sp³-hybridized carbons (Fsp3) is 0.267. The van der Waals surface area contributed by atoms with E-state index in [0.717, 1.165) is 47.3 Å². The number of benzene rings is 1. The second kappa shape index (κ2) is 5.09. The summed E-state index contributed by atoms with van der Waals surface area (Å²) in [7, 11) is 0. The van der Waals surface area contributed by atoms with Gasteiger partial charge in [-0.05, 0) is 37.2 Å². The smallest absolute Gasteiger partial charge is 0.177 e. The molecule has 0 spiro atoms. The van der Waals surface area contributed by atoms with Gasteiger partial charge in [-0.3, -0.25) is 0 Å². The molecule has 0 unspecified atom stereocenters. The second-order valence-electron chi connectivity index (χ2n) is 5.24. The molecule has 2 aromatic heterocycles. The number of fused-ring (bicyclic) bond motifs is 1. The second-order valence-corrected chi connectivity index (χ2v) is 5.68.